The fourth-order valence-electron chi connectivity index (χ4n) is 1.60. The Labute approximate surface area is 111 Å². The zero-order valence-electron chi connectivity index (χ0n) is 10.2. The van der Waals surface area contributed by atoms with Crippen molar-refractivity contribution in [1.29, 1.82) is 0 Å². The number of benzene rings is 1. The SMILES string of the molecule is O=CCCC(N[P@@](=O)(O)Cc1ccccc1)C(=O)O. The minimum atomic E-state index is -3.81. The number of carboxylic acids is 1. The molecule has 0 spiro atoms. The molecule has 3 N–H and O–H groups in total. The predicted molar refractivity (Wildman–Crippen MR) is 69.8 cm³/mol. The number of carboxylic acid groups (broad SMARTS) is 1. The molecule has 0 bridgehead atoms. The molecule has 1 aromatic carbocycles. The molecular weight excluding hydrogens is 269 g/mol. The third-order valence-electron chi connectivity index (χ3n) is 2.47. The maximum atomic E-state index is 12.0. The van der Waals surface area contributed by atoms with Crippen molar-refractivity contribution in [2.24, 2.45) is 0 Å². The van der Waals surface area contributed by atoms with Gasteiger partial charge in [0.05, 0.1) is 6.16 Å². The second-order valence-corrected chi connectivity index (χ2v) is 6.09. The Bertz CT molecular complexity index is 476. The topological polar surface area (TPSA) is 104 Å². The summed E-state index contributed by atoms with van der Waals surface area (Å²) in [7, 11) is -3.81. The van der Waals surface area contributed by atoms with Gasteiger partial charge in [-0.05, 0) is 12.0 Å². The maximum absolute atomic E-state index is 12.0. The Kier molecular flexibility index (Phi) is 5.89. The summed E-state index contributed by atoms with van der Waals surface area (Å²) in [6.45, 7) is 0. The lowest BCUT2D eigenvalue weighted by atomic mass is 10.2. The van der Waals surface area contributed by atoms with Crippen LogP contribution in [0.15, 0.2) is 30.3 Å². The van der Waals surface area contributed by atoms with E-state index < -0.39 is 19.5 Å². The molecule has 0 aliphatic heterocycles. The summed E-state index contributed by atoms with van der Waals surface area (Å²) < 4.78 is 12.0. The van der Waals surface area contributed by atoms with Crippen molar-refractivity contribution < 1.29 is 24.2 Å². The van der Waals surface area contributed by atoms with Gasteiger partial charge in [-0.3, -0.25) is 9.36 Å². The second-order valence-electron chi connectivity index (χ2n) is 4.11. The standard InChI is InChI=1S/C12H16NO5P/c14-8-4-7-11(12(15)16)13-19(17,18)9-10-5-2-1-3-6-10/h1-3,5-6,8,11H,4,7,9H2,(H,15,16)(H2,13,17,18). The van der Waals surface area contributed by atoms with E-state index in [2.05, 4.69) is 5.09 Å². The molecular formula is C12H16NO5P. The summed E-state index contributed by atoms with van der Waals surface area (Å²) in [6.07, 6.45) is 0.434. The highest BCUT2D eigenvalue weighted by atomic mass is 31.2. The van der Waals surface area contributed by atoms with Crippen LogP contribution < -0.4 is 5.09 Å². The Morgan fingerprint density at radius 3 is 2.53 bits per heavy atom. The molecule has 19 heavy (non-hydrogen) atoms. The zero-order chi connectivity index (χ0) is 14.3. The number of hydrogen-bond acceptors (Lipinski definition) is 3. The molecule has 0 fully saturated rings. The molecule has 0 amide bonds. The van der Waals surface area contributed by atoms with Crippen molar-refractivity contribution in [2.75, 3.05) is 0 Å². The van der Waals surface area contributed by atoms with E-state index in [1.54, 1.807) is 30.3 Å². The Morgan fingerprint density at radius 2 is 2.00 bits per heavy atom. The van der Waals surface area contributed by atoms with Crippen molar-refractivity contribution in [3.05, 3.63) is 35.9 Å². The van der Waals surface area contributed by atoms with Gasteiger partial charge in [0.25, 0.3) is 7.52 Å². The summed E-state index contributed by atoms with van der Waals surface area (Å²) in [4.78, 5) is 30.9. The van der Waals surface area contributed by atoms with Crippen LogP contribution in [0.3, 0.4) is 0 Å². The van der Waals surface area contributed by atoms with E-state index in [0.29, 0.717) is 11.8 Å². The average molecular weight is 285 g/mol. The van der Waals surface area contributed by atoms with Gasteiger partial charge < -0.3 is 14.8 Å². The third kappa shape index (κ3) is 5.79. The number of aldehydes is 1. The van der Waals surface area contributed by atoms with Crippen LogP contribution in [0.25, 0.3) is 0 Å². The van der Waals surface area contributed by atoms with Crippen molar-refractivity contribution >= 4 is 19.8 Å². The molecule has 0 saturated heterocycles. The van der Waals surface area contributed by atoms with E-state index in [1.165, 1.54) is 0 Å². The van der Waals surface area contributed by atoms with Crippen LogP contribution in [0.2, 0.25) is 0 Å². The highest BCUT2D eigenvalue weighted by Crippen LogP contribution is 2.40. The Morgan fingerprint density at radius 1 is 1.37 bits per heavy atom. The highest BCUT2D eigenvalue weighted by molar-refractivity contribution is 7.55. The van der Waals surface area contributed by atoms with Crippen molar-refractivity contribution in [3.63, 3.8) is 0 Å². The molecule has 0 radical (unpaired) electrons. The fourth-order valence-corrected chi connectivity index (χ4v) is 3.12. The zero-order valence-corrected chi connectivity index (χ0v) is 11.1. The van der Waals surface area contributed by atoms with Gasteiger partial charge in [0.2, 0.25) is 0 Å². The average Bonchev–Trinajstić information content (AvgIpc) is 2.34. The molecule has 0 heterocycles. The number of aliphatic carboxylic acids is 1. The molecule has 2 atom stereocenters. The third-order valence-corrected chi connectivity index (χ3v) is 3.98. The van der Waals surface area contributed by atoms with Crippen LogP contribution in [-0.2, 0) is 20.3 Å². The molecule has 0 aliphatic carbocycles. The van der Waals surface area contributed by atoms with E-state index in [4.69, 9.17) is 5.11 Å². The smallest absolute Gasteiger partial charge is 0.321 e. The highest BCUT2D eigenvalue weighted by Gasteiger charge is 2.27. The van der Waals surface area contributed by atoms with Crippen LogP contribution in [0.5, 0.6) is 0 Å². The van der Waals surface area contributed by atoms with Gasteiger partial charge in [0.1, 0.15) is 12.3 Å². The van der Waals surface area contributed by atoms with Crippen LogP contribution >= 0.6 is 7.52 Å². The second kappa shape index (κ2) is 7.19. The van der Waals surface area contributed by atoms with Gasteiger partial charge in [-0.2, -0.15) is 0 Å². The largest absolute Gasteiger partial charge is 0.480 e. The fraction of sp³-hybridized carbons (Fsp3) is 0.333. The van der Waals surface area contributed by atoms with Gasteiger partial charge in [-0.15, -0.1) is 0 Å². The van der Waals surface area contributed by atoms with Crippen LogP contribution in [-0.4, -0.2) is 28.3 Å². The molecule has 0 saturated carbocycles. The van der Waals surface area contributed by atoms with Gasteiger partial charge >= 0.3 is 5.97 Å². The first-order valence-corrected chi connectivity index (χ1v) is 7.59. The summed E-state index contributed by atoms with van der Waals surface area (Å²) in [5, 5.41) is 11.1. The first kappa shape index (κ1) is 15.6. The molecule has 1 aromatic rings. The molecule has 7 heteroatoms. The van der Waals surface area contributed by atoms with Crippen molar-refractivity contribution in [2.45, 2.75) is 25.0 Å². The van der Waals surface area contributed by atoms with Crippen LogP contribution in [0.4, 0.5) is 0 Å². The van der Waals surface area contributed by atoms with E-state index >= 15 is 0 Å². The van der Waals surface area contributed by atoms with Gasteiger partial charge in [0.15, 0.2) is 0 Å². The normalized spacial score (nSPS) is 15.4. The summed E-state index contributed by atoms with van der Waals surface area (Å²) in [5.74, 6) is -1.25. The van der Waals surface area contributed by atoms with Crippen LogP contribution in [0, 0.1) is 0 Å². The molecule has 6 nitrogen and oxygen atoms in total. The lowest BCUT2D eigenvalue weighted by Gasteiger charge is -2.18. The quantitative estimate of drug-likeness (QED) is 0.492. The van der Waals surface area contributed by atoms with Crippen molar-refractivity contribution in [3.8, 4) is 0 Å². The molecule has 1 rings (SSSR count). The number of carbonyl (C=O) groups is 2. The van der Waals surface area contributed by atoms with E-state index in [0.717, 1.165) is 0 Å². The molecule has 0 aromatic heterocycles. The number of carbonyl (C=O) groups excluding carboxylic acids is 1. The lowest BCUT2D eigenvalue weighted by Crippen LogP contribution is -2.34. The molecule has 0 aliphatic rings. The summed E-state index contributed by atoms with van der Waals surface area (Å²) >= 11 is 0. The number of nitrogens with one attached hydrogen (secondary N) is 1. The minimum Gasteiger partial charge on any atom is -0.480 e. The minimum absolute atomic E-state index is 0.0157. The predicted octanol–water partition coefficient (Wildman–Crippen LogP) is 1.39. The van der Waals surface area contributed by atoms with E-state index in [1.807, 2.05) is 0 Å². The summed E-state index contributed by atoms with van der Waals surface area (Å²) in [6, 6.07) is 7.41. The summed E-state index contributed by atoms with van der Waals surface area (Å²) in [5.41, 5.74) is 0.639. The first-order valence-electron chi connectivity index (χ1n) is 5.74. The Balaban J connectivity index is 2.68. The van der Waals surface area contributed by atoms with Crippen molar-refractivity contribution in [1.82, 2.24) is 5.09 Å². The van der Waals surface area contributed by atoms with E-state index in [-0.39, 0.29) is 19.0 Å². The van der Waals surface area contributed by atoms with Gasteiger partial charge in [0, 0.05) is 6.42 Å². The maximum Gasteiger partial charge on any atom is 0.321 e. The van der Waals surface area contributed by atoms with Gasteiger partial charge in [-0.25, -0.2) is 5.09 Å². The number of hydrogen-bond donors (Lipinski definition) is 3. The van der Waals surface area contributed by atoms with Gasteiger partial charge in [-0.1, -0.05) is 30.3 Å². The monoisotopic (exact) mass is 285 g/mol. The first-order chi connectivity index (χ1) is 8.94. The Hall–Kier alpha value is -1.49. The molecule has 1 unspecified atom stereocenters. The lowest BCUT2D eigenvalue weighted by molar-refractivity contribution is -0.139. The van der Waals surface area contributed by atoms with Crippen LogP contribution in [0.1, 0.15) is 18.4 Å². The number of rotatable bonds is 8. The van der Waals surface area contributed by atoms with E-state index in [9.17, 15) is 19.0 Å². The molecule has 104 valence electrons.